The van der Waals surface area contributed by atoms with Crippen LogP contribution >= 0.6 is 0 Å². The van der Waals surface area contributed by atoms with Gasteiger partial charge < -0.3 is 14.2 Å². The monoisotopic (exact) mass is 1060 g/mol. The number of ether oxygens (including phenoxy) is 3. The van der Waals surface area contributed by atoms with Crippen molar-refractivity contribution in [2.45, 2.75) is 316 Å². The lowest BCUT2D eigenvalue weighted by atomic mass is 10.0. The third-order valence-electron chi connectivity index (χ3n) is 13.8. The molecule has 6 nitrogen and oxygen atoms in total. The molecule has 0 aliphatic heterocycles. The lowest BCUT2D eigenvalue weighted by Crippen LogP contribution is -2.30. The van der Waals surface area contributed by atoms with Crippen LogP contribution in [0.25, 0.3) is 0 Å². The summed E-state index contributed by atoms with van der Waals surface area (Å²) in [5.41, 5.74) is 0. The van der Waals surface area contributed by atoms with Gasteiger partial charge in [-0.15, -0.1) is 0 Å². The van der Waals surface area contributed by atoms with Gasteiger partial charge in [0.15, 0.2) is 6.10 Å². The summed E-state index contributed by atoms with van der Waals surface area (Å²) in [6, 6.07) is 0. The molecule has 0 aromatic heterocycles. The normalized spacial score (nSPS) is 12.7. The molecule has 0 saturated heterocycles. The maximum absolute atomic E-state index is 12.8. The van der Waals surface area contributed by atoms with Crippen LogP contribution in [0.3, 0.4) is 0 Å². The second-order valence-electron chi connectivity index (χ2n) is 21.3. The number of hydrogen-bond acceptors (Lipinski definition) is 6. The maximum atomic E-state index is 12.8. The minimum absolute atomic E-state index is 0.0777. The van der Waals surface area contributed by atoms with E-state index >= 15 is 0 Å². The molecule has 0 aliphatic rings. The van der Waals surface area contributed by atoms with Crippen molar-refractivity contribution in [3.05, 3.63) is 97.2 Å². The molecule has 0 radical (unpaired) electrons. The molecule has 1 unspecified atom stereocenters. The molecule has 76 heavy (non-hydrogen) atoms. The number of carbonyl (C=O) groups excluding carboxylic acids is 3. The Morgan fingerprint density at radius 2 is 0.513 bits per heavy atom. The summed E-state index contributed by atoms with van der Waals surface area (Å²) in [5, 5.41) is 0. The van der Waals surface area contributed by atoms with Gasteiger partial charge in [-0.3, -0.25) is 14.4 Å². The van der Waals surface area contributed by atoms with Gasteiger partial charge in [0.2, 0.25) is 0 Å². The maximum Gasteiger partial charge on any atom is 0.306 e. The van der Waals surface area contributed by atoms with Crippen LogP contribution in [0, 0.1) is 0 Å². The molecule has 1 atom stereocenters. The van der Waals surface area contributed by atoms with Crippen LogP contribution in [0.5, 0.6) is 0 Å². The lowest BCUT2D eigenvalue weighted by molar-refractivity contribution is -0.167. The van der Waals surface area contributed by atoms with Crippen LogP contribution in [0.4, 0.5) is 0 Å². The summed E-state index contributed by atoms with van der Waals surface area (Å²) in [7, 11) is 0. The average Bonchev–Trinajstić information content (AvgIpc) is 3.42. The van der Waals surface area contributed by atoms with Gasteiger partial charge in [0.05, 0.1) is 0 Å². The third kappa shape index (κ3) is 61.2. The Balaban J connectivity index is 3.96. The van der Waals surface area contributed by atoms with Gasteiger partial charge in [-0.25, -0.2) is 0 Å². The van der Waals surface area contributed by atoms with Crippen LogP contribution in [-0.2, 0) is 28.6 Å². The van der Waals surface area contributed by atoms with Crippen LogP contribution in [-0.4, -0.2) is 37.2 Å². The topological polar surface area (TPSA) is 78.9 Å². The first kappa shape index (κ1) is 72.3. The van der Waals surface area contributed by atoms with E-state index in [2.05, 4.69) is 118 Å². The van der Waals surface area contributed by atoms with E-state index < -0.39 is 6.10 Å². The van der Waals surface area contributed by atoms with Crippen molar-refractivity contribution in [1.29, 1.82) is 0 Å². The van der Waals surface area contributed by atoms with Crippen LogP contribution < -0.4 is 0 Å². The third-order valence-corrected chi connectivity index (χ3v) is 13.8. The largest absolute Gasteiger partial charge is 0.462 e. The number of carbonyl (C=O) groups is 3. The van der Waals surface area contributed by atoms with Crippen molar-refractivity contribution in [3.8, 4) is 0 Å². The van der Waals surface area contributed by atoms with Gasteiger partial charge in [0.1, 0.15) is 13.2 Å². The molecule has 436 valence electrons. The molecule has 0 aromatic carbocycles. The predicted octanol–water partition coefficient (Wildman–Crippen LogP) is 22.0. The van der Waals surface area contributed by atoms with Gasteiger partial charge in [-0.1, -0.05) is 285 Å². The van der Waals surface area contributed by atoms with Crippen molar-refractivity contribution in [2.24, 2.45) is 0 Å². The number of hydrogen-bond donors (Lipinski definition) is 0. The minimum atomic E-state index is -0.776. The summed E-state index contributed by atoms with van der Waals surface area (Å²) in [6.45, 7) is 6.44. The van der Waals surface area contributed by atoms with Gasteiger partial charge in [0, 0.05) is 19.3 Å². The molecule has 0 bridgehead atoms. The lowest BCUT2D eigenvalue weighted by Gasteiger charge is -2.18. The summed E-state index contributed by atoms with van der Waals surface area (Å²) in [4.78, 5) is 37.9. The van der Waals surface area contributed by atoms with Gasteiger partial charge in [-0.05, 0) is 103 Å². The number of unbranched alkanes of at least 4 members (excludes halogenated alkanes) is 31. The van der Waals surface area contributed by atoms with E-state index in [-0.39, 0.29) is 31.1 Å². The number of rotatable bonds is 58. The van der Waals surface area contributed by atoms with Gasteiger partial charge in [0.25, 0.3) is 0 Å². The average molecular weight is 1060 g/mol. The predicted molar refractivity (Wildman–Crippen MR) is 330 cm³/mol. The Bertz CT molecular complexity index is 1490. The van der Waals surface area contributed by atoms with Crippen molar-refractivity contribution in [1.82, 2.24) is 0 Å². The first-order chi connectivity index (χ1) is 37.5. The van der Waals surface area contributed by atoms with Crippen LogP contribution in [0.1, 0.15) is 310 Å². The SMILES string of the molecule is CC/C=C\C/C=C\C/C=C\C/C=C\C/C=C\C/C=C\CCCCCCCCCCCCCCCCCCC(=O)OCC(COC(=O)CCCCCCC)OC(=O)CCCCCCCCC/C=C\C/C=C\CCCCCC. The first-order valence-electron chi connectivity index (χ1n) is 32.2. The zero-order valence-corrected chi connectivity index (χ0v) is 50.0. The minimum Gasteiger partial charge on any atom is -0.462 e. The molecule has 6 heteroatoms. The Morgan fingerprint density at radius 3 is 0.816 bits per heavy atom. The molecule has 0 N–H and O–H groups in total. The Hall–Kier alpha value is -3.67. The Morgan fingerprint density at radius 1 is 0.276 bits per heavy atom. The van der Waals surface area contributed by atoms with E-state index in [9.17, 15) is 14.4 Å². The fourth-order valence-electron chi connectivity index (χ4n) is 9.01. The zero-order chi connectivity index (χ0) is 55.0. The highest BCUT2D eigenvalue weighted by molar-refractivity contribution is 5.71. The summed E-state index contributed by atoms with van der Waals surface area (Å²) >= 11 is 0. The molecule has 0 fully saturated rings. The van der Waals surface area contributed by atoms with Gasteiger partial charge in [-0.2, -0.15) is 0 Å². The molecule has 0 aliphatic carbocycles. The van der Waals surface area contributed by atoms with Crippen molar-refractivity contribution in [2.75, 3.05) is 13.2 Å². The summed E-state index contributed by atoms with van der Waals surface area (Å²) in [6.07, 6.45) is 86.1. The number of esters is 3. The zero-order valence-electron chi connectivity index (χ0n) is 50.0. The molecule has 0 spiro atoms. The smallest absolute Gasteiger partial charge is 0.306 e. The van der Waals surface area contributed by atoms with E-state index in [1.807, 2.05) is 0 Å². The highest BCUT2D eigenvalue weighted by Crippen LogP contribution is 2.16. The second kappa shape index (κ2) is 63.9. The fraction of sp³-hybridized carbons (Fsp3) is 0.729. The van der Waals surface area contributed by atoms with Crippen LogP contribution in [0.15, 0.2) is 97.2 Å². The standard InChI is InChI=1S/C70H120O6/c1-4-7-10-13-15-17-19-21-23-25-27-28-29-30-31-32-33-34-35-36-37-38-39-40-41-42-43-45-46-48-50-52-54-57-60-63-69(72)75-66-67(65-74-68(71)62-59-56-12-9-6-3)76-70(73)64-61-58-55-53-51-49-47-44-26-24-22-20-18-16-14-11-8-5-2/h7,10,15,17-18,20-21,23-24,26-28,30-31,33-34,67H,4-6,8-9,11-14,16,19,22,25,29,32,35-66H2,1-3H3/b10-7-,17-15-,20-18-,23-21-,26-24-,28-27-,31-30-,34-33-. The van der Waals surface area contributed by atoms with Crippen molar-refractivity contribution in [3.63, 3.8) is 0 Å². The van der Waals surface area contributed by atoms with Crippen molar-refractivity contribution < 1.29 is 28.6 Å². The van der Waals surface area contributed by atoms with E-state index in [1.165, 1.54) is 154 Å². The second-order valence-corrected chi connectivity index (χ2v) is 21.3. The Labute approximate surface area is 470 Å². The molecule has 0 rings (SSSR count). The highest BCUT2D eigenvalue weighted by Gasteiger charge is 2.19. The molecular weight excluding hydrogens is 937 g/mol. The van der Waals surface area contributed by atoms with E-state index in [0.29, 0.717) is 19.3 Å². The molecular formula is C70H120O6. The number of allylic oxidation sites excluding steroid dienone is 16. The quantitative estimate of drug-likeness (QED) is 0.0261. The van der Waals surface area contributed by atoms with Gasteiger partial charge >= 0.3 is 17.9 Å². The summed E-state index contributed by atoms with van der Waals surface area (Å²) < 4.78 is 16.8. The van der Waals surface area contributed by atoms with Crippen molar-refractivity contribution >= 4 is 17.9 Å². The summed E-state index contributed by atoms with van der Waals surface area (Å²) in [5.74, 6) is -0.891. The highest BCUT2D eigenvalue weighted by atomic mass is 16.6. The molecule has 0 amide bonds. The van der Waals surface area contributed by atoms with E-state index in [1.54, 1.807) is 0 Å². The molecule has 0 heterocycles. The molecule has 0 saturated carbocycles. The van der Waals surface area contributed by atoms with E-state index in [0.717, 1.165) is 116 Å². The first-order valence-corrected chi connectivity index (χ1v) is 32.2. The fourth-order valence-corrected chi connectivity index (χ4v) is 9.01. The van der Waals surface area contributed by atoms with E-state index in [4.69, 9.17) is 14.2 Å². The Kier molecular flexibility index (Phi) is 60.8. The van der Waals surface area contributed by atoms with Crippen LogP contribution in [0.2, 0.25) is 0 Å². The molecule has 0 aromatic rings.